The summed E-state index contributed by atoms with van der Waals surface area (Å²) in [5.41, 5.74) is 2.09. The second-order valence-corrected chi connectivity index (χ2v) is 7.16. The Morgan fingerprint density at radius 2 is 1.84 bits per heavy atom. The number of guanidine groups is 1. The quantitative estimate of drug-likeness (QED) is 0.173. The first-order valence-electron chi connectivity index (χ1n) is 10.1. The zero-order chi connectivity index (χ0) is 21.2. The highest BCUT2D eigenvalue weighted by atomic mass is 127. The van der Waals surface area contributed by atoms with Crippen LogP contribution < -0.4 is 15.4 Å². The van der Waals surface area contributed by atoms with E-state index in [1.165, 1.54) is 18.6 Å². The first kappa shape index (κ1) is 24.9. The minimum absolute atomic E-state index is 0. The second-order valence-electron chi connectivity index (χ2n) is 7.16. The summed E-state index contributed by atoms with van der Waals surface area (Å²) in [6.07, 6.45) is 3.53. The fraction of sp³-hybridized carbons (Fsp3) is 0.409. The molecule has 2 aromatic rings. The van der Waals surface area contributed by atoms with Gasteiger partial charge in [-0.2, -0.15) is 0 Å². The summed E-state index contributed by atoms with van der Waals surface area (Å²) in [7, 11) is 1.64. The van der Waals surface area contributed by atoms with E-state index in [0.29, 0.717) is 25.6 Å². The molecule has 0 spiro atoms. The van der Waals surface area contributed by atoms with Crippen LogP contribution in [0.1, 0.15) is 30.4 Å². The van der Waals surface area contributed by atoms with Crippen LogP contribution in [0.3, 0.4) is 0 Å². The molecule has 0 saturated carbocycles. The topological polar surface area (TPSA) is 98.0 Å². The fourth-order valence-corrected chi connectivity index (χ4v) is 3.18. The molecule has 3 rings (SSSR count). The van der Waals surface area contributed by atoms with E-state index in [2.05, 4.69) is 15.6 Å². The molecule has 1 unspecified atom stereocenters. The smallest absolute Gasteiger partial charge is 0.269 e. The zero-order valence-electron chi connectivity index (χ0n) is 17.6. The summed E-state index contributed by atoms with van der Waals surface area (Å²) >= 11 is 0. The molecule has 2 aromatic carbocycles. The molecule has 0 bridgehead atoms. The van der Waals surface area contributed by atoms with E-state index >= 15 is 0 Å². The number of hydrogen-bond acceptors (Lipinski definition) is 5. The van der Waals surface area contributed by atoms with E-state index in [0.717, 1.165) is 36.3 Å². The van der Waals surface area contributed by atoms with Crippen molar-refractivity contribution in [2.45, 2.75) is 38.5 Å². The minimum atomic E-state index is -0.398. The molecular formula is C22H29IN4O4. The average molecular weight is 540 g/mol. The predicted octanol–water partition coefficient (Wildman–Crippen LogP) is 4.03. The summed E-state index contributed by atoms with van der Waals surface area (Å²) in [5.74, 6) is 1.49. The van der Waals surface area contributed by atoms with Crippen molar-refractivity contribution in [3.63, 3.8) is 0 Å². The maximum Gasteiger partial charge on any atom is 0.269 e. The van der Waals surface area contributed by atoms with Crippen molar-refractivity contribution in [2.24, 2.45) is 4.99 Å². The third-order valence-corrected chi connectivity index (χ3v) is 4.96. The van der Waals surface area contributed by atoms with Crippen molar-refractivity contribution in [1.29, 1.82) is 0 Å². The molecule has 9 heteroatoms. The van der Waals surface area contributed by atoms with Crippen LogP contribution in [0.4, 0.5) is 5.69 Å². The number of methoxy groups -OCH3 is 1. The lowest BCUT2D eigenvalue weighted by Gasteiger charge is -2.24. The van der Waals surface area contributed by atoms with Gasteiger partial charge in [0.15, 0.2) is 5.96 Å². The number of non-ortho nitro benzene ring substituents is 1. The van der Waals surface area contributed by atoms with Crippen LogP contribution in [0, 0.1) is 10.1 Å². The van der Waals surface area contributed by atoms with E-state index in [9.17, 15) is 10.1 Å². The lowest BCUT2D eigenvalue weighted by atomic mass is 10.1. The fourth-order valence-electron chi connectivity index (χ4n) is 3.18. The number of benzene rings is 2. The molecule has 31 heavy (non-hydrogen) atoms. The molecule has 0 radical (unpaired) electrons. The predicted molar refractivity (Wildman–Crippen MR) is 131 cm³/mol. The lowest BCUT2D eigenvalue weighted by molar-refractivity contribution is -0.384. The van der Waals surface area contributed by atoms with Crippen LogP contribution in [0.2, 0.25) is 0 Å². The first-order valence-corrected chi connectivity index (χ1v) is 10.1. The Labute approximate surface area is 199 Å². The highest BCUT2D eigenvalue weighted by Crippen LogP contribution is 2.14. The number of nitrogens with one attached hydrogen (secondary N) is 2. The number of nitrogens with zero attached hydrogens (tertiary/aromatic N) is 2. The Hall–Kier alpha value is -2.40. The summed E-state index contributed by atoms with van der Waals surface area (Å²) < 4.78 is 11.0. The number of aliphatic imine (C=N–C) groups is 1. The molecule has 1 saturated heterocycles. The normalized spacial score (nSPS) is 16.2. The lowest BCUT2D eigenvalue weighted by Crippen LogP contribution is -2.42. The summed E-state index contributed by atoms with van der Waals surface area (Å²) in [5, 5.41) is 17.5. The summed E-state index contributed by atoms with van der Waals surface area (Å²) in [6.45, 7) is 2.53. The number of hydrogen-bond donors (Lipinski definition) is 2. The van der Waals surface area contributed by atoms with Crippen molar-refractivity contribution in [3.8, 4) is 5.75 Å². The van der Waals surface area contributed by atoms with Crippen molar-refractivity contribution >= 4 is 35.6 Å². The Morgan fingerprint density at radius 3 is 2.45 bits per heavy atom. The molecule has 0 aliphatic carbocycles. The van der Waals surface area contributed by atoms with E-state index in [4.69, 9.17) is 9.47 Å². The van der Waals surface area contributed by atoms with Gasteiger partial charge in [-0.3, -0.25) is 10.1 Å². The maximum atomic E-state index is 10.8. The monoisotopic (exact) mass is 540 g/mol. The average Bonchev–Trinajstić information content (AvgIpc) is 2.80. The van der Waals surface area contributed by atoms with Crippen LogP contribution in [0.15, 0.2) is 53.5 Å². The van der Waals surface area contributed by atoms with Crippen molar-refractivity contribution in [3.05, 3.63) is 69.8 Å². The maximum absolute atomic E-state index is 10.8. The molecule has 1 heterocycles. The summed E-state index contributed by atoms with van der Waals surface area (Å²) in [6, 6.07) is 14.3. The highest BCUT2D eigenvalue weighted by molar-refractivity contribution is 14.0. The van der Waals surface area contributed by atoms with Gasteiger partial charge in [0, 0.05) is 31.8 Å². The number of rotatable bonds is 8. The molecule has 0 aromatic heterocycles. The molecule has 168 valence electrons. The number of ether oxygens (including phenoxy) is 2. The van der Waals surface area contributed by atoms with Crippen molar-refractivity contribution in [2.75, 3.05) is 20.3 Å². The highest BCUT2D eigenvalue weighted by Gasteiger charge is 2.14. The van der Waals surface area contributed by atoms with Gasteiger partial charge in [-0.15, -0.1) is 24.0 Å². The molecule has 1 fully saturated rings. The van der Waals surface area contributed by atoms with Crippen molar-refractivity contribution in [1.82, 2.24) is 10.6 Å². The van der Waals surface area contributed by atoms with Crippen LogP contribution in [0.5, 0.6) is 5.75 Å². The van der Waals surface area contributed by atoms with Gasteiger partial charge >= 0.3 is 0 Å². The number of nitro groups is 1. The molecule has 2 N–H and O–H groups in total. The molecule has 8 nitrogen and oxygen atoms in total. The molecule has 1 aliphatic heterocycles. The number of nitro benzene ring substituents is 1. The zero-order valence-corrected chi connectivity index (χ0v) is 19.9. The van der Waals surface area contributed by atoms with E-state index in [1.54, 1.807) is 19.2 Å². The van der Waals surface area contributed by atoms with E-state index < -0.39 is 4.92 Å². The Bertz CT molecular complexity index is 838. The van der Waals surface area contributed by atoms with Gasteiger partial charge in [0.2, 0.25) is 0 Å². The van der Waals surface area contributed by atoms with Gasteiger partial charge in [0.25, 0.3) is 5.69 Å². The molecule has 0 amide bonds. The first-order chi connectivity index (χ1) is 14.6. The molecule has 1 atom stereocenters. The Balaban J connectivity index is 0.00000341. The van der Waals surface area contributed by atoms with Crippen molar-refractivity contribution < 1.29 is 14.4 Å². The van der Waals surface area contributed by atoms with Crippen LogP contribution in [-0.2, 0) is 17.8 Å². The standard InChI is InChI=1S/C22H28N4O4.HI/c1-29-20-11-7-18(8-12-20)15-24-22(25-16-21-4-2-3-13-30-21)23-14-17-5-9-19(10-6-17)26(27)28;/h5-12,21H,2-4,13-16H2,1H3,(H2,23,24,25);1H. The largest absolute Gasteiger partial charge is 0.497 e. The molecule has 1 aliphatic rings. The Kier molecular flexibility index (Phi) is 10.5. The van der Waals surface area contributed by atoms with E-state index in [1.807, 2.05) is 24.3 Å². The van der Waals surface area contributed by atoms with Gasteiger partial charge in [-0.05, 0) is 42.5 Å². The number of halogens is 1. The molecular weight excluding hydrogens is 511 g/mol. The van der Waals surface area contributed by atoms with Gasteiger partial charge in [0.05, 0.1) is 24.7 Å². The van der Waals surface area contributed by atoms with Crippen LogP contribution >= 0.6 is 24.0 Å². The summed E-state index contributed by atoms with van der Waals surface area (Å²) in [4.78, 5) is 15.1. The third kappa shape index (κ3) is 8.33. The van der Waals surface area contributed by atoms with Crippen LogP contribution in [-0.4, -0.2) is 37.2 Å². The van der Waals surface area contributed by atoms with Crippen LogP contribution in [0.25, 0.3) is 0 Å². The van der Waals surface area contributed by atoms with Gasteiger partial charge in [-0.1, -0.05) is 24.3 Å². The third-order valence-electron chi connectivity index (χ3n) is 4.96. The van der Waals surface area contributed by atoms with E-state index in [-0.39, 0.29) is 35.8 Å². The Morgan fingerprint density at radius 1 is 1.13 bits per heavy atom. The SMILES string of the molecule is COc1ccc(CN=C(NCc2ccc([N+](=O)[O-])cc2)NCC2CCCCO2)cc1.I. The van der Waals surface area contributed by atoms with Gasteiger partial charge in [-0.25, -0.2) is 4.99 Å². The minimum Gasteiger partial charge on any atom is -0.497 e. The van der Waals surface area contributed by atoms with Gasteiger partial charge in [0.1, 0.15) is 5.75 Å². The second kappa shape index (κ2) is 13.1. The van der Waals surface area contributed by atoms with Gasteiger partial charge < -0.3 is 20.1 Å².